The summed E-state index contributed by atoms with van der Waals surface area (Å²) < 4.78 is 5.42. The van der Waals surface area contributed by atoms with Crippen molar-refractivity contribution in [3.05, 3.63) is 53.5 Å². The number of methoxy groups -OCH3 is 1. The molecule has 0 saturated carbocycles. The van der Waals surface area contributed by atoms with Crippen LogP contribution in [0.1, 0.15) is 17.0 Å². The van der Waals surface area contributed by atoms with Crippen molar-refractivity contribution in [1.29, 1.82) is 0 Å². The fraction of sp³-hybridized carbons (Fsp3) is 0.294. The minimum atomic E-state index is 0.829. The third-order valence-corrected chi connectivity index (χ3v) is 4.23. The summed E-state index contributed by atoms with van der Waals surface area (Å²) >= 11 is 0. The first-order chi connectivity index (χ1) is 10.8. The number of aromatic amines is 1. The lowest BCUT2D eigenvalue weighted by Gasteiger charge is -2.26. The maximum atomic E-state index is 5.42. The fourth-order valence-electron chi connectivity index (χ4n) is 3.06. The maximum Gasteiger partial charge on any atom is 0.145 e. The van der Waals surface area contributed by atoms with Crippen LogP contribution in [0.15, 0.2) is 36.5 Å². The molecule has 0 radical (unpaired) electrons. The number of hydrogen-bond donors (Lipinski definition) is 1. The van der Waals surface area contributed by atoms with Crippen LogP contribution in [0.3, 0.4) is 0 Å². The Bertz CT molecular complexity index is 811. The zero-order valence-corrected chi connectivity index (χ0v) is 12.5. The Morgan fingerprint density at radius 3 is 3.14 bits per heavy atom. The number of ether oxygens (including phenoxy) is 1. The van der Waals surface area contributed by atoms with E-state index in [0.717, 1.165) is 48.4 Å². The first kappa shape index (κ1) is 13.3. The van der Waals surface area contributed by atoms with Crippen LogP contribution in [0.25, 0.3) is 10.9 Å². The normalized spacial score (nSPS) is 15.0. The van der Waals surface area contributed by atoms with Gasteiger partial charge < -0.3 is 4.74 Å². The molecule has 1 N–H and O–H groups in total. The third-order valence-electron chi connectivity index (χ3n) is 4.23. The molecular weight excluding hydrogens is 276 g/mol. The van der Waals surface area contributed by atoms with Gasteiger partial charge in [-0.25, -0.2) is 4.98 Å². The van der Waals surface area contributed by atoms with Gasteiger partial charge in [0.1, 0.15) is 11.3 Å². The summed E-state index contributed by atoms with van der Waals surface area (Å²) in [5.74, 6) is 0.829. The van der Waals surface area contributed by atoms with E-state index < -0.39 is 0 Å². The Morgan fingerprint density at radius 1 is 1.27 bits per heavy atom. The van der Waals surface area contributed by atoms with E-state index in [0.29, 0.717) is 0 Å². The number of nitrogens with zero attached hydrogens (tertiary/aromatic N) is 3. The quantitative estimate of drug-likeness (QED) is 0.806. The Labute approximate surface area is 128 Å². The Balaban J connectivity index is 1.60. The standard InChI is InChI=1S/C17H18N4O/c1-22-16-4-2-3-12-5-6-14(19-17(12)16)11-21-8-7-15-13(10-21)9-18-20-15/h2-6,9H,7-8,10-11H2,1H3,(H,18,20). The number of aromatic nitrogens is 3. The molecule has 0 saturated heterocycles. The van der Waals surface area contributed by atoms with Crippen molar-refractivity contribution in [1.82, 2.24) is 20.1 Å². The zero-order valence-electron chi connectivity index (χ0n) is 12.5. The third kappa shape index (κ3) is 2.33. The van der Waals surface area contributed by atoms with Crippen molar-refractivity contribution in [2.24, 2.45) is 0 Å². The van der Waals surface area contributed by atoms with Crippen LogP contribution in [0.4, 0.5) is 0 Å². The second kappa shape index (κ2) is 5.42. The summed E-state index contributed by atoms with van der Waals surface area (Å²) in [5, 5.41) is 8.31. The van der Waals surface area contributed by atoms with Crippen LogP contribution in [0.2, 0.25) is 0 Å². The SMILES string of the molecule is COc1cccc2ccc(CN3CCc4[nH]ncc4C3)nc12. The van der Waals surface area contributed by atoms with Crippen molar-refractivity contribution in [2.45, 2.75) is 19.5 Å². The number of H-pyrrole nitrogens is 1. The number of nitrogens with one attached hydrogen (secondary N) is 1. The van der Waals surface area contributed by atoms with Gasteiger partial charge in [0, 0.05) is 42.7 Å². The van der Waals surface area contributed by atoms with E-state index in [1.165, 1.54) is 11.3 Å². The van der Waals surface area contributed by atoms with Crippen LogP contribution in [0.5, 0.6) is 5.75 Å². The van der Waals surface area contributed by atoms with Crippen molar-refractivity contribution in [3.8, 4) is 5.75 Å². The molecule has 0 fully saturated rings. The van der Waals surface area contributed by atoms with E-state index in [1.54, 1.807) is 7.11 Å². The summed E-state index contributed by atoms with van der Waals surface area (Å²) in [4.78, 5) is 7.20. The molecule has 112 valence electrons. The predicted octanol–water partition coefficient (Wildman–Crippen LogP) is 2.52. The van der Waals surface area contributed by atoms with Gasteiger partial charge in [0.25, 0.3) is 0 Å². The van der Waals surface area contributed by atoms with Crippen LogP contribution in [-0.2, 0) is 19.5 Å². The highest BCUT2D eigenvalue weighted by Crippen LogP contribution is 2.24. The van der Waals surface area contributed by atoms with Crippen molar-refractivity contribution >= 4 is 10.9 Å². The molecule has 0 unspecified atom stereocenters. The van der Waals surface area contributed by atoms with E-state index in [1.807, 2.05) is 18.3 Å². The molecule has 22 heavy (non-hydrogen) atoms. The van der Waals surface area contributed by atoms with E-state index in [2.05, 4.69) is 33.3 Å². The van der Waals surface area contributed by atoms with Gasteiger partial charge >= 0.3 is 0 Å². The number of pyridine rings is 1. The lowest BCUT2D eigenvalue weighted by Crippen LogP contribution is -2.30. The van der Waals surface area contributed by atoms with Crippen molar-refractivity contribution in [3.63, 3.8) is 0 Å². The molecular formula is C17H18N4O. The summed E-state index contributed by atoms with van der Waals surface area (Å²) in [6, 6.07) is 10.2. The number of hydrogen-bond acceptors (Lipinski definition) is 4. The van der Waals surface area contributed by atoms with Crippen LogP contribution in [0, 0.1) is 0 Å². The van der Waals surface area contributed by atoms with Crippen LogP contribution < -0.4 is 4.74 Å². The van der Waals surface area contributed by atoms with Gasteiger partial charge in [-0.15, -0.1) is 0 Å². The molecule has 3 aromatic rings. The number of rotatable bonds is 3. The molecule has 4 rings (SSSR count). The molecule has 0 amide bonds. The van der Waals surface area contributed by atoms with Crippen molar-refractivity contribution < 1.29 is 4.74 Å². The molecule has 3 heterocycles. The van der Waals surface area contributed by atoms with Gasteiger partial charge in [-0.05, 0) is 12.1 Å². The summed E-state index contributed by atoms with van der Waals surface area (Å²) in [7, 11) is 1.69. The molecule has 2 aromatic heterocycles. The Kier molecular flexibility index (Phi) is 3.27. The van der Waals surface area contributed by atoms with E-state index in [9.17, 15) is 0 Å². The molecule has 5 nitrogen and oxygen atoms in total. The van der Waals surface area contributed by atoms with Crippen LogP contribution >= 0.6 is 0 Å². The van der Waals surface area contributed by atoms with Gasteiger partial charge in [-0.1, -0.05) is 18.2 Å². The molecule has 0 atom stereocenters. The lowest BCUT2D eigenvalue weighted by atomic mass is 10.1. The molecule has 1 aromatic carbocycles. The first-order valence-electron chi connectivity index (χ1n) is 7.49. The maximum absolute atomic E-state index is 5.42. The molecule has 1 aliphatic heterocycles. The lowest BCUT2D eigenvalue weighted by molar-refractivity contribution is 0.242. The number of para-hydroxylation sites is 1. The minimum Gasteiger partial charge on any atom is -0.494 e. The molecule has 0 spiro atoms. The average molecular weight is 294 g/mol. The molecule has 5 heteroatoms. The number of fused-ring (bicyclic) bond motifs is 2. The van der Waals surface area contributed by atoms with Gasteiger partial charge in [0.15, 0.2) is 0 Å². The Morgan fingerprint density at radius 2 is 2.23 bits per heavy atom. The van der Waals surface area contributed by atoms with Gasteiger partial charge in [0.2, 0.25) is 0 Å². The minimum absolute atomic E-state index is 0.829. The largest absolute Gasteiger partial charge is 0.494 e. The summed E-state index contributed by atoms with van der Waals surface area (Å²) in [6.45, 7) is 2.80. The van der Waals surface area contributed by atoms with Crippen molar-refractivity contribution in [2.75, 3.05) is 13.7 Å². The van der Waals surface area contributed by atoms with Gasteiger partial charge in [-0.2, -0.15) is 5.10 Å². The van der Waals surface area contributed by atoms with E-state index in [4.69, 9.17) is 9.72 Å². The second-order valence-electron chi connectivity index (χ2n) is 5.67. The number of benzene rings is 1. The molecule has 1 aliphatic rings. The summed E-state index contributed by atoms with van der Waals surface area (Å²) in [6.07, 6.45) is 2.95. The summed E-state index contributed by atoms with van der Waals surface area (Å²) in [5.41, 5.74) is 4.57. The van der Waals surface area contributed by atoms with E-state index >= 15 is 0 Å². The monoisotopic (exact) mass is 294 g/mol. The van der Waals surface area contributed by atoms with Gasteiger partial charge in [0.05, 0.1) is 19.0 Å². The highest BCUT2D eigenvalue weighted by atomic mass is 16.5. The van der Waals surface area contributed by atoms with Crippen LogP contribution in [-0.4, -0.2) is 33.7 Å². The van der Waals surface area contributed by atoms with Gasteiger partial charge in [-0.3, -0.25) is 10.00 Å². The zero-order chi connectivity index (χ0) is 14.9. The second-order valence-corrected chi connectivity index (χ2v) is 5.67. The Hall–Kier alpha value is -2.40. The average Bonchev–Trinajstić information content (AvgIpc) is 3.02. The molecule has 0 bridgehead atoms. The first-order valence-corrected chi connectivity index (χ1v) is 7.49. The topological polar surface area (TPSA) is 54.0 Å². The van der Waals surface area contributed by atoms with E-state index in [-0.39, 0.29) is 0 Å². The fourth-order valence-corrected chi connectivity index (χ4v) is 3.06. The highest BCUT2D eigenvalue weighted by Gasteiger charge is 2.18. The highest BCUT2D eigenvalue weighted by molar-refractivity contribution is 5.84. The predicted molar refractivity (Wildman–Crippen MR) is 84.7 cm³/mol. The smallest absolute Gasteiger partial charge is 0.145 e. The molecule has 0 aliphatic carbocycles.